The molecule has 1 saturated carbocycles. The van der Waals surface area contributed by atoms with Gasteiger partial charge in [-0.1, -0.05) is 19.3 Å². The molecule has 1 heterocycles. The molecule has 1 aliphatic rings. The van der Waals surface area contributed by atoms with Crippen molar-refractivity contribution >= 4 is 17.6 Å². The Morgan fingerprint density at radius 2 is 2.21 bits per heavy atom. The molecule has 0 unspecified atom stereocenters. The zero-order valence-corrected chi connectivity index (χ0v) is 9.05. The van der Waals surface area contributed by atoms with Gasteiger partial charge in [-0.25, -0.2) is 4.98 Å². The van der Waals surface area contributed by atoms with E-state index in [0.717, 1.165) is 12.0 Å². The second-order valence-corrected chi connectivity index (χ2v) is 4.77. The molecule has 1 aromatic heterocycles. The Morgan fingerprint density at radius 3 is 2.93 bits per heavy atom. The van der Waals surface area contributed by atoms with E-state index in [-0.39, 0.29) is 0 Å². The lowest BCUT2D eigenvalue weighted by Crippen LogP contribution is -2.04. The normalized spacial score (nSPS) is 18.3. The maximum Gasteiger partial charge on any atom is 0.125 e. The van der Waals surface area contributed by atoms with Gasteiger partial charge in [0, 0.05) is 17.7 Å². The van der Waals surface area contributed by atoms with E-state index in [1.54, 1.807) is 11.3 Å². The predicted octanol–water partition coefficient (Wildman–Crippen LogP) is 2.93. The number of thiazole rings is 1. The first-order valence-electron chi connectivity index (χ1n) is 5.28. The summed E-state index contributed by atoms with van der Waals surface area (Å²) >= 11 is 1.73. The van der Waals surface area contributed by atoms with E-state index < -0.39 is 0 Å². The maximum absolute atomic E-state index is 10.3. The molecule has 3 heteroatoms. The topological polar surface area (TPSA) is 30.0 Å². The fraction of sp³-hybridized carbons (Fsp3) is 0.636. The highest BCUT2D eigenvalue weighted by molar-refractivity contribution is 7.09. The summed E-state index contributed by atoms with van der Waals surface area (Å²) in [6.07, 6.45) is 8.04. The summed E-state index contributed by atoms with van der Waals surface area (Å²) in [6, 6.07) is 0. The highest BCUT2D eigenvalue weighted by Gasteiger charge is 2.18. The van der Waals surface area contributed by atoms with Crippen molar-refractivity contribution in [2.45, 2.75) is 44.4 Å². The van der Waals surface area contributed by atoms with Crippen LogP contribution in [-0.2, 0) is 11.2 Å². The van der Waals surface area contributed by atoms with Crippen LogP contribution < -0.4 is 0 Å². The van der Waals surface area contributed by atoms with E-state index in [1.807, 2.05) is 5.38 Å². The number of aldehydes is 1. The molecule has 0 N–H and O–H groups in total. The minimum atomic E-state index is 0.475. The van der Waals surface area contributed by atoms with Crippen LogP contribution in [0.3, 0.4) is 0 Å². The van der Waals surface area contributed by atoms with Crippen LogP contribution in [0.4, 0.5) is 0 Å². The summed E-state index contributed by atoms with van der Waals surface area (Å²) in [5.41, 5.74) is 0.950. The van der Waals surface area contributed by atoms with Gasteiger partial charge in [-0.05, 0) is 12.8 Å². The van der Waals surface area contributed by atoms with E-state index in [2.05, 4.69) is 4.98 Å². The van der Waals surface area contributed by atoms with Gasteiger partial charge in [0.15, 0.2) is 0 Å². The molecule has 76 valence electrons. The van der Waals surface area contributed by atoms with Crippen LogP contribution in [0, 0.1) is 0 Å². The van der Waals surface area contributed by atoms with E-state index in [9.17, 15) is 4.79 Å². The third-order valence-corrected chi connectivity index (χ3v) is 3.87. The van der Waals surface area contributed by atoms with Gasteiger partial charge in [0.25, 0.3) is 0 Å². The fourth-order valence-corrected chi connectivity index (χ4v) is 3.04. The first-order chi connectivity index (χ1) is 6.90. The summed E-state index contributed by atoms with van der Waals surface area (Å²) in [7, 11) is 0. The Bertz CT molecular complexity index is 302. The number of nitrogens with zero attached hydrogens (tertiary/aromatic N) is 1. The summed E-state index contributed by atoms with van der Waals surface area (Å²) in [6.45, 7) is 0. The molecular weight excluding hydrogens is 194 g/mol. The standard InChI is InChI=1S/C11H15NOS/c13-7-6-10-8-14-11(12-10)9-4-2-1-3-5-9/h7-9H,1-6H2. The molecule has 1 aliphatic carbocycles. The van der Waals surface area contributed by atoms with Crippen molar-refractivity contribution in [3.63, 3.8) is 0 Å². The summed E-state index contributed by atoms with van der Waals surface area (Å²) in [4.78, 5) is 14.8. The Hall–Kier alpha value is -0.700. The average molecular weight is 209 g/mol. The quantitative estimate of drug-likeness (QED) is 0.716. The molecule has 0 bridgehead atoms. The molecule has 0 atom stereocenters. The molecule has 0 spiro atoms. The number of carbonyl (C=O) groups is 1. The Labute approximate surface area is 88.4 Å². The van der Waals surface area contributed by atoms with Gasteiger partial charge in [0.05, 0.1) is 10.7 Å². The molecule has 2 rings (SSSR count). The second kappa shape index (κ2) is 4.69. The molecular formula is C11H15NOS. The largest absolute Gasteiger partial charge is 0.303 e. The van der Waals surface area contributed by atoms with Crippen molar-refractivity contribution in [1.82, 2.24) is 4.98 Å². The van der Waals surface area contributed by atoms with Crippen LogP contribution in [0.1, 0.15) is 48.7 Å². The van der Waals surface area contributed by atoms with Gasteiger partial charge >= 0.3 is 0 Å². The van der Waals surface area contributed by atoms with Crippen LogP contribution in [0.15, 0.2) is 5.38 Å². The van der Waals surface area contributed by atoms with E-state index >= 15 is 0 Å². The van der Waals surface area contributed by atoms with E-state index in [1.165, 1.54) is 37.1 Å². The maximum atomic E-state index is 10.3. The van der Waals surface area contributed by atoms with Gasteiger partial charge < -0.3 is 4.79 Å². The van der Waals surface area contributed by atoms with Crippen LogP contribution in [0.5, 0.6) is 0 Å². The average Bonchev–Trinajstić information content (AvgIpc) is 2.68. The zero-order chi connectivity index (χ0) is 9.80. The van der Waals surface area contributed by atoms with E-state index in [4.69, 9.17) is 0 Å². The number of hydrogen-bond acceptors (Lipinski definition) is 3. The molecule has 0 saturated heterocycles. The lowest BCUT2D eigenvalue weighted by atomic mass is 9.90. The van der Waals surface area contributed by atoms with Crippen molar-refractivity contribution in [2.24, 2.45) is 0 Å². The number of hydrogen-bond donors (Lipinski definition) is 0. The smallest absolute Gasteiger partial charge is 0.125 e. The number of carbonyl (C=O) groups excluding carboxylic acids is 1. The van der Waals surface area contributed by atoms with Crippen LogP contribution in [0.2, 0.25) is 0 Å². The molecule has 0 radical (unpaired) electrons. The third-order valence-electron chi connectivity index (χ3n) is 2.82. The molecule has 0 aliphatic heterocycles. The first kappa shape index (κ1) is 9.84. The molecule has 14 heavy (non-hydrogen) atoms. The summed E-state index contributed by atoms with van der Waals surface area (Å²) in [5, 5.41) is 3.28. The Kier molecular flexibility index (Phi) is 3.30. The van der Waals surface area contributed by atoms with Crippen LogP contribution in [-0.4, -0.2) is 11.3 Å². The highest BCUT2D eigenvalue weighted by Crippen LogP contribution is 2.34. The molecule has 1 aromatic rings. The van der Waals surface area contributed by atoms with Gasteiger partial charge in [-0.15, -0.1) is 11.3 Å². The van der Waals surface area contributed by atoms with Gasteiger partial charge in [0.2, 0.25) is 0 Å². The molecule has 1 fully saturated rings. The second-order valence-electron chi connectivity index (χ2n) is 3.88. The fourth-order valence-electron chi connectivity index (χ4n) is 2.04. The predicted molar refractivity (Wildman–Crippen MR) is 57.7 cm³/mol. The summed E-state index contributed by atoms with van der Waals surface area (Å²) < 4.78 is 0. The van der Waals surface area contributed by atoms with Crippen molar-refractivity contribution in [1.29, 1.82) is 0 Å². The summed E-state index contributed by atoms with van der Waals surface area (Å²) in [5.74, 6) is 0.675. The lowest BCUT2D eigenvalue weighted by Gasteiger charge is -2.18. The van der Waals surface area contributed by atoms with Crippen molar-refractivity contribution in [3.8, 4) is 0 Å². The highest BCUT2D eigenvalue weighted by atomic mass is 32.1. The van der Waals surface area contributed by atoms with Gasteiger partial charge in [-0.3, -0.25) is 0 Å². The SMILES string of the molecule is O=CCc1csc(C2CCCCC2)n1. The number of aromatic nitrogens is 1. The van der Waals surface area contributed by atoms with Crippen molar-refractivity contribution in [3.05, 3.63) is 16.1 Å². The first-order valence-corrected chi connectivity index (χ1v) is 6.16. The molecule has 0 amide bonds. The van der Waals surface area contributed by atoms with Gasteiger partial charge in [0.1, 0.15) is 6.29 Å². The van der Waals surface area contributed by atoms with Crippen molar-refractivity contribution < 1.29 is 4.79 Å². The Balaban J connectivity index is 2.03. The minimum Gasteiger partial charge on any atom is -0.303 e. The molecule has 2 nitrogen and oxygen atoms in total. The van der Waals surface area contributed by atoms with Crippen LogP contribution >= 0.6 is 11.3 Å². The third kappa shape index (κ3) is 2.21. The van der Waals surface area contributed by atoms with Gasteiger partial charge in [-0.2, -0.15) is 0 Å². The zero-order valence-electron chi connectivity index (χ0n) is 8.24. The van der Waals surface area contributed by atoms with Crippen LogP contribution in [0.25, 0.3) is 0 Å². The lowest BCUT2D eigenvalue weighted by molar-refractivity contribution is -0.107. The number of rotatable bonds is 3. The minimum absolute atomic E-state index is 0.475. The molecule has 0 aromatic carbocycles. The monoisotopic (exact) mass is 209 g/mol. The van der Waals surface area contributed by atoms with Crippen molar-refractivity contribution in [2.75, 3.05) is 0 Å². The van der Waals surface area contributed by atoms with E-state index in [0.29, 0.717) is 12.3 Å². The Morgan fingerprint density at radius 1 is 1.43 bits per heavy atom.